The highest BCUT2D eigenvalue weighted by atomic mass is 19.4. The van der Waals surface area contributed by atoms with Crippen molar-refractivity contribution in [3.63, 3.8) is 0 Å². The lowest BCUT2D eigenvalue weighted by Crippen LogP contribution is -2.49. The maximum Gasteiger partial charge on any atom is 0.573 e. The van der Waals surface area contributed by atoms with Gasteiger partial charge >= 0.3 is 6.36 Å². The Morgan fingerprint density at radius 3 is 2.32 bits per heavy atom. The van der Waals surface area contributed by atoms with Gasteiger partial charge in [-0.25, -0.2) is 0 Å². The van der Waals surface area contributed by atoms with E-state index in [1.165, 1.54) is 12.1 Å². The van der Waals surface area contributed by atoms with Crippen LogP contribution in [0.15, 0.2) is 24.3 Å². The summed E-state index contributed by atoms with van der Waals surface area (Å²) in [6, 6.07) is 5.88. The summed E-state index contributed by atoms with van der Waals surface area (Å²) in [6.45, 7) is 4.25. The minimum absolute atomic E-state index is 0.0911. The van der Waals surface area contributed by atoms with Gasteiger partial charge in [0.05, 0.1) is 13.1 Å². The fourth-order valence-corrected chi connectivity index (χ4v) is 2.57. The summed E-state index contributed by atoms with van der Waals surface area (Å²) < 4.78 is 40.3. The minimum Gasteiger partial charge on any atom is -0.406 e. The molecule has 1 aliphatic heterocycles. The van der Waals surface area contributed by atoms with Crippen molar-refractivity contribution in [1.29, 1.82) is 0 Å². The highest BCUT2D eigenvalue weighted by Gasteiger charge is 2.31. The molecular weight excluding hydrogens is 335 g/mol. The first-order chi connectivity index (χ1) is 11.9. The molecule has 0 radical (unpaired) electrons. The number of terminal acetylenes is 1. The second-order valence-electron chi connectivity index (χ2n) is 5.72. The predicted molar refractivity (Wildman–Crippen MR) is 86.7 cm³/mol. The molecule has 1 aromatic carbocycles. The highest BCUT2D eigenvalue weighted by Crippen LogP contribution is 2.23. The van der Waals surface area contributed by atoms with Crippen LogP contribution in [0.5, 0.6) is 5.75 Å². The molecule has 0 unspecified atom stereocenters. The first kappa shape index (κ1) is 19.1. The minimum atomic E-state index is -4.68. The molecule has 8 heteroatoms. The van der Waals surface area contributed by atoms with Gasteiger partial charge in [0, 0.05) is 32.7 Å². The Morgan fingerprint density at radius 1 is 1.16 bits per heavy atom. The van der Waals surface area contributed by atoms with Crippen LogP contribution in [0, 0.1) is 12.3 Å². The Balaban J connectivity index is 1.74. The van der Waals surface area contributed by atoms with Crippen molar-refractivity contribution < 1.29 is 22.7 Å². The quantitative estimate of drug-likeness (QED) is 0.785. The Morgan fingerprint density at radius 2 is 1.76 bits per heavy atom. The number of hydrogen-bond donors (Lipinski definition) is 1. The summed E-state index contributed by atoms with van der Waals surface area (Å²) in [7, 11) is 0. The molecule has 0 bridgehead atoms. The van der Waals surface area contributed by atoms with Crippen molar-refractivity contribution in [1.82, 2.24) is 15.1 Å². The summed E-state index contributed by atoms with van der Waals surface area (Å²) >= 11 is 0. The molecule has 25 heavy (non-hydrogen) atoms. The Labute approximate surface area is 144 Å². The van der Waals surface area contributed by atoms with E-state index >= 15 is 0 Å². The van der Waals surface area contributed by atoms with Crippen LogP contribution in [-0.4, -0.2) is 61.3 Å². The van der Waals surface area contributed by atoms with Crippen LogP contribution >= 0.6 is 0 Å². The summed E-state index contributed by atoms with van der Waals surface area (Å²) in [5.41, 5.74) is 0.912. The van der Waals surface area contributed by atoms with Gasteiger partial charge in [-0.2, -0.15) is 0 Å². The van der Waals surface area contributed by atoms with Crippen molar-refractivity contribution in [2.24, 2.45) is 0 Å². The molecule has 1 fully saturated rings. The van der Waals surface area contributed by atoms with E-state index in [0.29, 0.717) is 13.1 Å². The number of ether oxygens (including phenoxy) is 1. The second-order valence-corrected chi connectivity index (χ2v) is 5.72. The summed E-state index contributed by atoms with van der Waals surface area (Å²) in [5.74, 6) is 2.04. The highest BCUT2D eigenvalue weighted by molar-refractivity contribution is 5.78. The van der Waals surface area contributed by atoms with E-state index in [2.05, 4.69) is 20.9 Å². The fraction of sp³-hybridized carbons (Fsp3) is 0.471. The van der Waals surface area contributed by atoms with Crippen LogP contribution in [-0.2, 0) is 11.3 Å². The first-order valence-corrected chi connectivity index (χ1v) is 7.85. The van der Waals surface area contributed by atoms with Gasteiger partial charge in [-0.15, -0.1) is 19.6 Å². The molecule has 5 nitrogen and oxygen atoms in total. The van der Waals surface area contributed by atoms with Crippen LogP contribution in [0.2, 0.25) is 0 Å². The van der Waals surface area contributed by atoms with E-state index < -0.39 is 6.36 Å². The monoisotopic (exact) mass is 355 g/mol. The van der Waals surface area contributed by atoms with Crippen molar-refractivity contribution in [3.8, 4) is 18.1 Å². The average molecular weight is 355 g/mol. The normalized spacial score (nSPS) is 16.2. The number of halogens is 3. The molecule has 1 aliphatic rings. The zero-order valence-electron chi connectivity index (χ0n) is 13.7. The van der Waals surface area contributed by atoms with Gasteiger partial charge in [-0.3, -0.25) is 14.6 Å². The molecular formula is C17H20F3N3O2. The van der Waals surface area contributed by atoms with Gasteiger partial charge in [0.25, 0.3) is 0 Å². The number of rotatable bonds is 6. The third kappa shape index (κ3) is 7.03. The molecule has 1 amide bonds. The SMILES string of the molecule is C#CCNC(=O)CN1CCN(Cc2ccc(OC(F)(F)F)cc2)CC1. The van der Waals surface area contributed by atoms with Crippen molar-refractivity contribution in [3.05, 3.63) is 29.8 Å². The van der Waals surface area contributed by atoms with Gasteiger partial charge in [0.15, 0.2) is 0 Å². The Hall–Kier alpha value is -2.24. The van der Waals surface area contributed by atoms with Gasteiger partial charge in [0.1, 0.15) is 5.75 Å². The Kier molecular flexibility index (Phi) is 6.67. The van der Waals surface area contributed by atoms with E-state index in [1.54, 1.807) is 12.1 Å². The molecule has 0 aliphatic carbocycles. The van der Waals surface area contributed by atoms with Crippen LogP contribution in [0.3, 0.4) is 0 Å². The number of piperazine rings is 1. The number of alkyl halides is 3. The molecule has 1 saturated heterocycles. The van der Waals surface area contributed by atoms with E-state index in [4.69, 9.17) is 6.42 Å². The van der Waals surface area contributed by atoms with Gasteiger partial charge < -0.3 is 10.1 Å². The summed E-state index contributed by atoms with van der Waals surface area (Å²) in [4.78, 5) is 15.9. The topological polar surface area (TPSA) is 44.8 Å². The standard InChI is InChI=1S/C17H20F3N3O2/c1-2-7-21-16(24)13-23-10-8-22(9-11-23)12-14-3-5-15(6-4-14)25-17(18,19)20/h1,3-6H,7-13H2,(H,21,24). The number of amides is 1. The van der Waals surface area contributed by atoms with E-state index in [1.807, 2.05) is 4.90 Å². The van der Waals surface area contributed by atoms with Gasteiger partial charge in [0.2, 0.25) is 5.91 Å². The van der Waals surface area contributed by atoms with E-state index in [-0.39, 0.29) is 18.2 Å². The molecule has 0 saturated carbocycles. The largest absolute Gasteiger partial charge is 0.573 e. The zero-order chi connectivity index (χ0) is 18.3. The molecule has 1 N–H and O–H groups in total. The van der Waals surface area contributed by atoms with E-state index in [9.17, 15) is 18.0 Å². The number of nitrogens with one attached hydrogen (secondary N) is 1. The van der Waals surface area contributed by atoms with Crippen molar-refractivity contribution >= 4 is 5.91 Å². The van der Waals surface area contributed by atoms with E-state index in [0.717, 1.165) is 31.7 Å². The van der Waals surface area contributed by atoms with Crippen LogP contribution in [0.1, 0.15) is 5.56 Å². The predicted octanol–water partition coefficient (Wildman–Crippen LogP) is 1.45. The Bertz CT molecular complexity index is 603. The van der Waals surface area contributed by atoms with Crippen molar-refractivity contribution in [2.45, 2.75) is 12.9 Å². The lowest BCUT2D eigenvalue weighted by Gasteiger charge is -2.34. The smallest absolute Gasteiger partial charge is 0.406 e. The molecule has 2 rings (SSSR count). The van der Waals surface area contributed by atoms with Crippen LogP contribution in [0.4, 0.5) is 13.2 Å². The summed E-state index contributed by atoms with van der Waals surface area (Å²) in [6.07, 6.45) is 0.416. The molecule has 136 valence electrons. The third-order valence-corrected chi connectivity index (χ3v) is 3.78. The number of hydrogen-bond acceptors (Lipinski definition) is 4. The molecule has 1 aromatic rings. The van der Waals surface area contributed by atoms with Crippen molar-refractivity contribution in [2.75, 3.05) is 39.3 Å². The number of benzene rings is 1. The number of carbonyl (C=O) groups is 1. The lowest BCUT2D eigenvalue weighted by molar-refractivity contribution is -0.274. The fourth-order valence-electron chi connectivity index (χ4n) is 2.57. The molecule has 0 spiro atoms. The maximum atomic E-state index is 12.1. The van der Waals surface area contributed by atoms with Crippen LogP contribution < -0.4 is 10.1 Å². The van der Waals surface area contributed by atoms with Gasteiger partial charge in [-0.1, -0.05) is 18.1 Å². The molecule has 1 heterocycles. The zero-order valence-corrected chi connectivity index (χ0v) is 13.7. The first-order valence-electron chi connectivity index (χ1n) is 7.85. The lowest BCUT2D eigenvalue weighted by atomic mass is 10.2. The third-order valence-electron chi connectivity index (χ3n) is 3.78. The molecule has 0 aromatic heterocycles. The maximum absolute atomic E-state index is 12.1. The second kappa shape index (κ2) is 8.74. The van der Waals surface area contributed by atoms with Gasteiger partial charge in [-0.05, 0) is 17.7 Å². The molecule has 0 atom stereocenters. The summed E-state index contributed by atoms with van der Waals surface area (Å²) in [5, 5.41) is 2.63. The van der Waals surface area contributed by atoms with Crippen LogP contribution in [0.25, 0.3) is 0 Å². The number of nitrogens with zero attached hydrogens (tertiary/aromatic N) is 2. The number of carbonyl (C=O) groups excluding carboxylic acids is 1. The average Bonchev–Trinajstić information content (AvgIpc) is 2.55.